The molecule has 2 heterocycles. The van der Waals surface area contributed by atoms with Crippen molar-refractivity contribution in [3.8, 4) is 5.69 Å². The number of ether oxygens (including phenoxy) is 1. The Morgan fingerprint density at radius 3 is 2.73 bits per heavy atom. The smallest absolute Gasteiger partial charge is 0.359 e. The number of carbonyl (C=O) groups excluding carboxylic acids is 2. The van der Waals surface area contributed by atoms with E-state index in [9.17, 15) is 18.8 Å². The van der Waals surface area contributed by atoms with Crippen molar-refractivity contribution in [2.75, 3.05) is 11.9 Å². The summed E-state index contributed by atoms with van der Waals surface area (Å²) >= 11 is 1.14. The van der Waals surface area contributed by atoms with E-state index in [-0.39, 0.29) is 34.7 Å². The molecule has 0 atom stereocenters. The zero-order chi connectivity index (χ0) is 23.4. The number of esters is 1. The molecule has 0 aliphatic heterocycles. The number of amides is 1. The third kappa shape index (κ3) is 4.98. The second kappa shape index (κ2) is 10.2. The van der Waals surface area contributed by atoms with Gasteiger partial charge in [0.2, 0.25) is 5.91 Å². The molecule has 0 radical (unpaired) electrons. The van der Waals surface area contributed by atoms with Crippen LogP contribution in [0, 0.1) is 11.7 Å². The molecule has 33 heavy (non-hydrogen) atoms. The van der Waals surface area contributed by atoms with Gasteiger partial charge in [-0.05, 0) is 31.4 Å². The van der Waals surface area contributed by atoms with Gasteiger partial charge in [-0.1, -0.05) is 44.2 Å². The largest absolute Gasteiger partial charge is 0.461 e. The summed E-state index contributed by atoms with van der Waals surface area (Å²) in [5.74, 6) is -1.01. The van der Waals surface area contributed by atoms with Crippen molar-refractivity contribution in [2.45, 2.75) is 51.9 Å². The van der Waals surface area contributed by atoms with Gasteiger partial charge in [-0.3, -0.25) is 9.59 Å². The second-order valence-electron chi connectivity index (χ2n) is 8.18. The lowest BCUT2D eigenvalue weighted by atomic mass is 9.86. The van der Waals surface area contributed by atoms with Crippen molar-refractivity contribution in [2.24, 2.45) is 5.92 Å². The molecule has 4 rings (SSSR count). The molecule has 0 unspecified atom stereocenters. The quantitative estimate of drug-likeness (QED) is 0.486. The van der Waals surface area contributed by atoms with E-state index in [0.717, 1.165) is 35.3 Å². The fourth-order valence-corrected chi connectivity index (χ4v) is 5.23. The minimum atomic E-state index is -0.722. The molecular formula is C24H26FN3O4S. The zero-order valence-corrected chi connectivity index (χ0v) is 19.3. The second-order valence-corrected chi connectivity index (χ2v) is 9.06. The highest BCUT2D eigenvalue weighted by molar-refractivity contribution is 7.16. The minimum Gasteiger partial charge on any atom is -0.461 e. The summed E-state index contributed by atoms with van der Waals surface area (Å²) in [5, 5.41) is 9.26. The molecule has 1 aromatic carbocycles. The molecule has 1 amide bonds. The van der Waals surface area contributed by atoms with Crippen molar-refractivity contribution in [3.05, 3.63) is 51.5 Å². The molecule has 3 aromatic rings. The molecule has 174 valence electrons. The first-order valence-electron chi connectivity index (χ1n) is 11.3. The molecule has 1 saturated carbocycles. The number of hydrogen-bond acceptors (Lipinski definition) is 6. The summed E-state index contributed by atoms with van der Waals surface area (Å²) < 4.78 is 20.4. The summed E-state index contributed by atoms with van der Waals surface area (Å²) in [6, 6.07) is 5.68. The number of nitrogens with one attached hydrogen (secondary N) is 1. The van der Waals surface area contributed by atoms with Gasteiger partial charge in [-0.25, -0.2) is 9.18 Å². The maximum Gasteiger partial charge on any atom is 0.359 e. The highest BCUT2D eigenvalue weighted by Crippen LogP contribution is 2.32. The first-order chi connectivity index (χ1) is 16.0. The van der Waals surface area contributed by atoms with E-state index >= 15 is 0 Å². The van der Waals surface area contributed by atoms with Crippen LogP contribution in [0.4, 0.5) is 9.39 Å². The van der Waals surface area contributed by atoms with Crippen molar-refractivity contribution in [3.63, 3.8) is 0 Å². The zero-order valence-electron chi connectivity index (χ0n) is 18.4. The van der Waals surface area contributed by atoms with Crippen LogP contribution in [0.3, 0.4) is 0 Å². The van der Waals surface area contributed by atoms with Crippen LogP contribution in [-0.4, -0.2) is 28.3 Å². The van der Waals surface area contributed by atoms with Crippen LogP contribution in [0.5, 0.6) is 0 Å². The van der Waals surface area contributed by atoms with E-state index in [1.54, 1.807) is 18.4 Å². The third-order valence-electron chi connectivity index (χ3n) is 5.96. The van der Waals surface area contributed by atoms with Crippen molar-refractivity contribution >= 4 is 39.0 Å². The highest BCUT2D eigenvalue weighted by atomic mass is 32.1. The molecule has 9 heteroatoms. The molecule has 0 bridgehead atoms. The highest BCUT2D eigenvalue weighted by Gasteiger charge is 2.24. The predicted octanol–water partition coefficient (Wildman–Crippen LogP) is 5.06. The number of nitrogens with zero attached hydrogens (tertiary/aromatic N) is 2. The Kier molecular flexibility index (Phi) is 7.17. The summed E-state index contributed by atoms with van der Waals surface area (Å²) in [6.45, 7) is 1.78. The van der Waals surface area contributed by atoms with Gasteiger partial charge in [-0.15, -0.1) is 11.3 Å². The van der Waals surface area contributed by atoms with Gasteiger partial charge < -0.3 is 10.1 Å². The summed E-state index contributed by atoms with van der Waals surface area (Å²) in [5.41, 5.74) is -0.809. The van der Waals surface area contributed by atoms with E-state index < -0.39 is 17.3 Å². The number of fused-ring (bicyclic) bond motifs is 1. The van der Waals surface area contributed by atoms with Crippen molar-refractivity contribution in [1.82, 2.24) is 9.78 Å². The average molecular weight is 472 g/mol. The van der Waals surface area contributed by atoms with Crippen LogP contribution in [0.1, 0.15) is 62.4 Å². The standard InChI is InChI=1S/C24H26FN3O4S/c1-2-32-24(31)21-16-14-33-22(26-19(29)13-12-15-8-4-3-5-9-15)20(16)23(30)28(27-21)18-11-7-6-10-17(18)25/h6-7,10-11,14-15H,2-5,8-9,12-13H2,1H3,(H,26,29). The maximum absolute atomic E-state index is 14.5. The average Bonchev–Trinajstić information content (AvgIpc) is 3.23. The lowest BCUT2D eigenvalue weighted by Gasteiger charge is -2.20. The monoisotopic (exact) mass is 471 g/mol. The Bertz CT molecular complexity index is 1230. The lowest BCUT2D eigenvalue weighted by molar-refractivity contribution is -0.116. The Morgan fingerprint density at radius 1 is 1.24 bits per heavy atom. The minimum absolute atomic E-state index is 0.0873. The van der Waals surface area contributed by atoms with Crippen LogP contribution in [-0.2, 0) is 9.53 Å². The summed E-state index contributed by atoms with van der Waals surface area (Å²) in [6.07, 6.45) is 7.15. The summed E-state index contributed by atoms with van der Waals surface area (Å²) in [7, 11) is 0. The van der Waals surface area contributed by atoms with Crippen LogP contribution in [0.15, 0.2) is 34.4 Å². The predicted molar refractivity (Wildman–Crippen MR) is 126 cm³/mol. The number of para-hydroxylation sites is 1. The molecule has 1 aliphatic carbocycles. The number of anilines is 1. The van der Waals surface area contributed by atoms with Gasteiger partial charge in [0.05, 0.1) is 12.0 Å². The number of aromatic nitrogens is 2. The number of thiophene rings is 1. The molecule has 2 aromatic heterocycles. The number of carbonyl (C=O) groups is 2. The van der Waals surface area contributed by atoms with Gasteiger partial charge in [-0.2, -0.15) is 9.78 Å². The lowest BCUT2D eigenvalue weighted by Crippen LogP contribution is -2.26. The summed E-state index contributed by atoms with van der Waals surface area (Å²) in [4.78, 5) is 38.5. The van der Waals surface area contributed by atoms with Gasteiger partial charge >= 0.3 is 5.97 Å². The van der Waals surface area contributed by atoms with E-state index in [4.69, 9.17) is 4.74 Å². The molecule has 7 nitrogen and oxygen atoms in total. The van der Waals surface area contributed by atoms with Gasteiger partial charge in [0, 0.05) is 17.2 Å². The van der Waals surface area contributed by atoms with Gasteiger partial charge in [0.15, 0.2) is 5.69 Å². The molecule has 0 spiro atoms. The molecule has 1 N–H and O–H groups in total. The molecular weight excluding hydrogens is 445 g/mol. The van der Waals surface area contributed by atoms with E-state index in [2.05, 4.69) is 10.4 Å². The van der Waals surface area contributed by atoms with Crippen molar-refractivity contribution in [1.29, 1.82) is 0 Å². The van der Waals surface area contributed by atoms with Gasteiger partial charge in [0.1, 0.15) is 16.5 Å². The Labute approximate surface area is 194 Å². The Hall–Kier alpha value is -3.07. The molecule has 1 aliphatic rings. The van der Waals surface area contributed by atoms with Crippen LogP contribution in [0.2, 0.25) is 0 Å². The number of benzene rings is 1. The normalized spacial score (nSPS) is 14.4. The van der Waals surface area contributed by atoms with Crippen LogP contribution >= 0.6 is 11.3 Å². The Morgan fingerprint density at radius 2 is 2.00 bits per heavy atom. The molecule has 1 fully saturated rings. The fraction of sp³-hybridized carbons (Fsp3) is 0.417. The number of rotatable bonds is 7. The number of halogens is 1. The first kappa shape index (κ1) is 23.1. The van der Waals surface area contributed by atoms with E-state index in [0.29, 0.717) is 17.3 Å². The fourth-order valence-electron chi connectivity index (χ4n) is 4.28. The maximum atomic E-state index is 14.5. The number of hydrogen-bond donors (Lipinski definition) is 1. The molecule has 0 saturated heterocycles. The first-order valence-corrected chi connectivity index (χ1v) is 12.1. The SMILES string of the molecule is CCOC(=O)c1nn(-c2ccccc2F)c(=O)c2c(NC(=O)CCC3CCCCC3)scc12. The topological polar surface area (TPSA) is 90.3 Å². The van der Waals surface area contributed by atoms with Gasteiger partial charge in [0.25, 0.3) is 5.56 Å². The van der Waals surface area contributed by atoms with Crippen molar-refractivity contribution < 1.29 is 18.7 Å². The van der Waals surface area contributed by atoms with Crippen LogP contribution in [0.25, 0.3) is 16.5 Å². The third-order valence-corrected chi connectivity index (χ3v) is 6.85. The Balaban J connectivity index is 1.70. The van der Waals surface area contributed by atoms with E-state index in [1.165, 1.54) is 37.5 Å². The van der Waals surface area contributed by atoms with E-state index in [1.807, 2.05) is 0 Å². The van der Waals surface area contributed by atoms with Crippen LogP contribution < -0.4 is 10.9 Å².